The van der Waals surface area contributed by atoms with Crippen molar-refractivity contribution in [3.05, 3.63) is 40.1 Å². The lowest BCUT2D eigenvalue weighted by Gasteiger charge is -2.20. The first-order chi connectivity index (χ1) is 12.0. The van der Waals surface area contributed by atoms with Crippen LogP contribution in [0.25, 0.3) is 6.08 Å². The maximum absolute atomic E-state index is 12.1. The van der Waals surface area contributed by atoms with Crippen molar-refractivity contribution in [2.24, 2.45) is 5.92 Å². The number of ketones is 1. The largest absolute Gasteiger partial charge is 0.381 e. The summed E-state index contributed by atoms with van der Waals surface area (Å²) in [5.41, 5.74) is 3.74. The molecule has 0 saturated carbocycles. The zero-order valence-corrected chi connectivity index (χ0v) is 16.1. The summed E-state index contributed by atoms with van der Waals surface area (Å²) in [4.78, 5) is 18.0. The Balaban J connectivity index is 1.41. The number of nitrogens with one attached hydrogen (secondary N) is 2. The summed E-state index contributed by atoms with van der Waals surface area (Å²) in [7, 11) is 0. The van der Waals surface area contributed by atoms with Crippen LogP contribution in [-0.2, 0) is 4.79 Å². The van der Waals surface area contributed by atoms with Crippen LogP contribution < -0.4 is 10.6 Å². The summed E-state index contributed by atoms with van der Waals surface area (Å²) in [6.07, 6.45) is 11.2. The van der Waals surface area contributed by atoms with E-state index >= 15 is 0 Å². The van der Waals surface area contributed by atoms with Crippen molar-refractivity contribution in [1.29, 1.82) is 0 Å². The van der Waals surface area contributed by atoms with Crippen molar-refractivity contribution >= 4 is 28.3 Å². The minimum atomic E-state index is 0.224. The molecular weight excluding hydrogens is 330 g/mol. The Kier molecular flexibility index (Phi) is 5.74. The standard InChI is InChI=1S/C20H27N3OS/c1-13-7-8-16(11-15(13)3)22-12-17(24)9-10-21-20-23-19-14(2)5-4-6-18(19)25-20/h4,6-8,14-15,22H,5,9-12H2,1-3H3,(H,21,23). The zero-order valence-electron chi connectivity index (χ0n) is 15.3. The molecule has 2 aliphatic rings. The van der Waals surface area contributed by atoms with Crippen LogP contribution in [0, 0.1) is 5.92 Å². The number of allylic oxidation sites excluding steroid dienone is 5. The average molecular weight is 358 g/mol. The van der Waals surface area contributed by atoms with Gasteiger partial charge in [-0.1, -0.05) is 42.9 Å². The molecule has 5 heteroatoms. The lowest BCUT2D eigenvalue weighted by molar-refractivity contribution is -0.117. The van der Waals surface area contributed by atoms with Crippen LogP contribution in [0.1, 0.15) is 56.5 Å². The summed E-state index contributed by atoms with van der Waals surface area (Å²) in [5.74, 6) is 1.26. The van der Waals surface area contributed by atoms with Gasteiger partial charge in [0.15, 0.2) is 10.9 Å². The van der Waals surface area contributed by atoms with E-state index in [-0.39, 0.29) is 5.78 Å². The zero-order chi connectivity index (χ0) is 17.8. The maximum atomic E-state index is 12.1. The highest BCUT2D eigenvalue weighted by Crippen LogP contribution is 2.34. The number of nitrogens with zero attached hydrogens (tertiary/aromatic N) is 1. The van der Waals surface area contributed by atoms with Crippen LogP contribution in [0.4, 0.5) is 5.13 Å². The van der Waals surface area contributed by atoms with E-state index in [1.54, 1.807) is 11.3 Å². The molecule has 2 aliphatic carbocycles. The summed E-state index contributed by atoms with van der Waals surface area (Å²) in [6.45, 7) is 7.62. The van der Waals surface area contributed by atoms with Gasteiger partial charge in [-0.3, -0.25) is 4.79 Å². The monoisotopic (exact) mass is 357 g/mol. The van der Waals surface area contributed by atoms with Gasteiger partial charge in [0.2, 0.25) is 0 Å². The Bertz CT molecular complexity index is 729. The molecular formula is C20H27N3OS. The fourth-order valence-electron chi connectivity index (χ4n) is 3.08. The number of hydrogen-bond donors (Lipinski definition) is 2. The van der Waals surface area contributed by atoms with Gasteiger partial charge in [-0.05, 0) is 37.8 Å². The number of carbonyl (C=O) groups is 1. The first-order valence-electron chi connectivity index (χ1n) is 9.07. The Hall–Kier alpha value is -1.88. The van der Waals surface area contributed by atoms with E-state index in [0.29, 0.717) is 31.3 Å². The normalized spacial score (nSPS) is 22.0. The summed E-state index contributed by atoms with van der Waals surface area (Å²) in [6, 6.07) is 0. The molecule has 134 valence electrons. The third-order valence-electron chi connectivity index (χ3n) is 4.95. The molecule has 25 heavy (non-hydrogen) atoms. The van der Waals surface area contributed by atoms with E-state index < -0.39 is 0 Å². The summed E-state index contributed by atoms with van der Waals surface area (Å²) < 4.78 is 0. The van der Waals surface area contributed by atoms with Gasteiger partial charge in [0.1, 0.15) is 0 Å². The van der Waals surface area contributed by atoms with Gasteiger partial charge in [-0.25, -0.2) is 4.98 Å². The number of hydrogen-bond acceptors (Lipinski definition) is 5. The van der Waals surface area contributed by atoms with Crippen LogP contribution in [0.5, 0.6) is 0 Å². The Labute approximate surface area is 154 Å². The third kappa shape index (κ3) is 4.60. The number of thiazole rings is 1. The first kappa shape index (κ1) is 17.9. The van der Waals surface area contributed by atoms with E-state index in [9.17, 15) is 4.79 Å². The maximum Gasteiger partial charge on any atom is 0.183 e. The topological polar surface area (TPSA) is 54.0 Å². The van der Waals surface area contributed by atoms with Crippen LogP contribution >= 0.6 is 11.3 Å². The predicted molar refractivity (Wildman–Crippen MR) is 106 cm³/mol. The van der Waals surface area contributed by atoms with Crippen molar-refractivity contribution in [3.8, 4) is 0 Å². The van der Waals surface area contributed by atoms with E-state index in [1.165, 1.54) is 16.1 Å². The Morgan fingerprint density at radius 3 is 2.88 bits per heavy atom. The van der Waals surface area contributed by atoms with E-state index in [4.69, 9.17) is 0 Å². The van der Waals surface area contributed by atoms with Crippen LogP contribution in [-0.4, -0.2) is 23.9 Å². The van der Waals surface area contributed by atoms with Crippen molar-refractivity contribution < 1.29 is 4.79 Å². The molecule has 3 rings (SSSR count). The van der Waals surface area contributed by atoms with Crippen LogP contribution in [0.15, 0.2) is 29.5 Å². The second-order valence-corrected chi connectivity index (χ2v) is 8.12. The van der Waals surface area contributed by atoms with Gasteiger partial charge in [0, 0.05) is 24.6 Å². The lowest BCUT2D eigenvalue weighted by Crippen LogP contribution is -2.25. The van der Waals surface area contributed by atoms with Crippen molar-refractivity contribution in [1.82, 2.24) is 10.3 Å². The van der Waals surface area contributed by atoms with Gasteiger partial charge in [0.05, 0.1) is 17.1 Å². The second-order valence-electron chi connectivity index (χ2n) is 7.08. The Morgan fingerprint density at radius 1 is 1.28 bits per heavy atom. The Morgan fingerprint density at radius 2 is 2.12 bits per heavy atom. The number of fused-ring (bicyclic) bond motifs is 1. The highest BCUT2D eigenvalue weighted by atomic mass is 32.1. The fraction of sp³-hybridized carbons (Fsp3) is 0.500. The molecule has 0 aliphatic heterocycles. The molecule has 2 unspecified atom stereocenters. The van der Waals surface area contributed by atoms with Gasteiger partial charge in [-0.2, -0.15) is 0 Å². The van der Waals surface area contributed by atoms with Gasteiger partial charge < -0.3 is 10.6 Å². The van der Waals surface area contributed by atoms with E-state index in [1.807, 2.05) is 0 Å². The predicted octanol–water partition coefficient (Wildman–Crippen LogP) is 4.49. The molecule has 0 aromatic carbocycles. The molecule has 0 radical (unpaired) electrons. The average Bonchev–Trinajstić information content (AvgIpc) is 3.00. The number of Topliss-reactive ketones (excluding diaryl/α,β-unsaturated/α-hetero) is 1. The summed E-state index contributed by atoms with van der Waals surface area (Å²) >= 11 is 1.68. The van der Waals surface area contributed by atoms with Crippen molar-refractivity contribution in [2.75, 3.05) is 18.4 Å². The molecule has 1 aromatic heterocycles. The molecule has 0 bridgehead atoms. The second kappa shape index (κ2) is 8.00. The van der Waals surface area contributed by atoms with E-state index in [0.717, 1.165) is 23.7 Å². The number of anilines is 1. The number of carbonyl (C=O) groups excluding carboxylic acids is 1. The minimum absolute atomic E-state index is 0.224. The van der Waals surface area contributed by atoms with Crippen molar-refractivity contribution in [3.63, 3.8) is 0 Å². The van der Waals surface area contributed by atoms with E-state index in [2.05, 4.69) is 60.7 Å². The minimum Gasteiger partial charge on any atom is -0.381 e. The number of rotatable bonds is 7. The summed E-state index contributed by atoms with van der Waals surface area (Å²) in [5, 5.41) is 7.51. The molecule has 4 nitrogen and oxygen atoms in total. The molecule has 1 heterocycles. The number of aromatic nitrogens is 1. The van der Waals surface area contributed by atoms with Gasteiger partial charge in [-0.15, -0.1) is 0 Å². The van der Waals surface area contributed by atoms with Crippen LogP contribution in [0.3, 0.4) is 0 Å². The SMILES string of the molecule is CC1=CC=C(NCC(=O)CCNc2nc3c(s2)C=CCC3C)CC1C. The highest BCUT2D eigenvalue weighted by molar-refractivity contribution is 7.16. The molecule has 2 atom stereocenters. The fourth-order valence-corrected chi connectivity index (χ4v) is 4.12. The molecule has 1 aromatic rings. The molecule has 0 fully saturated rings. The third-order valence-corrected chi connectivity index (χ3v) is 5.94. The van der Waals surface area contributed by atoms with Gasteiger partial charge in [0.25, 0.3) is 0 Å². The smallest absolute Gasteiger partial charge is 0.183 e. The van der Waals surface area contributed by atoms with Crippen LogP contribution in [0.2, 0.25) is 0 Å². The highest BCUT2D eigenvalue weighted by Gasteiger charge is 2.18. The van der Waals surface area contributed by atoms with Gasteiger partial charge >= 0.3 is 0 Å². The first-order valence-corrected chi connectivity index (χ1v) is 9.88. The molecule has 0 amide bonds. The lowest BCUT2D eigenvalue weighted by atomic mass is 9.92. The molecule has 0 saturated heterocycles. The molecule has 0 spiro atoms. The molecule has 2 N–H and O–H groups in total. The van der Waals surface area contributed by atoms with Crippen molar-refractivity contribution in [2.45, 2.75) is 46.0 Å². The quantitative estimate of drug-likeness (QED) is 0.755.